The molecule has 5 heterocycles. The van der Waals surface area contributed by atoms with E-state index in [9.17, 15) is 43.2 Å². The third kappa shape index (κ3) is 15.5. The van der Waals surface area contributed by atoms with Crippen LogP contribution in [0, 0.1) is 0 Å². The fourth-order valence-corrected chi connectivity index (χ4v) is 10.3. The summed E-state index contributed by atoms with van der Waals surface area (Å²) in [7, 11) is 8.26. The molecular weight excluding hydrogens is 1100 g/mol. The lowest BCUT2D eigenvalue weighted by atomic mass is 9.94. The fourth-order valence-electron chi connectivity index (χ4n) is 10.3. The zero-order valence-electron chi connectivity index (χ0n) is 47.5. The number of nitrogens with zero attached hydrogens (tertiary/aromatic N) is 1. The number of fused-ring (bicyclic) bond motifs is 1. The number of carbonyl (C=O) groups is 9. The van der Waals surface area contributed by atoms with Crippen molar-refractivity contribution in [2.75, 3.05) is 69.0 Å². The first-order valence-electron chi connectivity index (χ1n) is 25.8. The Morgan fingerprint density at radius 1 is 0.378 bits per heavy atom. The molecule has 2 amide bonds. The Labute approximate surface area is 471 Å². The van der Waals surface area contributed by atoms with Gasteiger partial charge in [0, 0.05) is 91.1 Å². The highest BCUT2D eigenvalue weighted by Gasteiger charge is 2.61. The van der Waals surface area contributed by atoms with Gasteiger partial charge in [-0.25, -0.2) is 0 Å². The van der Waals surface area contributed by atoms with E-state index in [4.69, 9.17) is 94.7 Å². The first-order chi connectivity index (χ1) is 39.0. The van der Waals surface area contributed by atoms with Crippen LogP contribution in [0.2, 0.25) is 0 Å². The number of ether oxygens (including phenoxy) is 20. The molecule has 0 saturated carbocycles. The van der Waals surface area contributed by atoms with Crippen molar-refractivity contribution in [3.63, 3.8) is 0 Å². The zero-order valence-corrected chi connectivity index (χ0v) is 47.5. The van der Waals surface area contributed by atoms with Gasteiger partial charge in [0.05, 0.1) is 24.3 Å². The molecule has 30 heteroatoms. The number of benzene rings is 1. The predicted octanol–water partition coefficient (Wildman–Crippen LogP) is -0.525. The van der Waals surface area contributed by atoms with Crippen LogP contribution in [-0.2, 0) is 128 Å². The number of esters is 7. The largest absolute Gasteiger partial charge is 0.463 e. The number of hydrogen-bond acceptors (Lipinski definition) is 29. The van der Waals surface area contributed by atoms with Crippen molar-refractivity contribution in [3.05, 3.63) is 35.4 Å². The molecular formula is C52H71NO29. The minimum absolute atomic E-state index is 0.0594. The number of imide groups is 1. The highest BCUT2D eigenvalue weighted by Crippen LogP contribution is 2.40. The Kier molecular flexibility index (Phi) is 23.6. The summed E-state index contributed by atoms with van der Waals surface area (Å²) in [6, 6.07) is 6.10. The highest BCUT2D eigenvalue weighted by atomic mass is 16.8. The minimum Gasteiger partial charge on any atom is -0.463 e. The molecule has 4 fully saturated rings. The summed E-state index contributed by atoms with van der Waals surface area (Å²) in [4.78, 5) is 119. The third-order valence-electron chi connectivity index (χ3n) is 13.5. The van der Waals surface area contributed by atoms with Gasteiger partial charge in [0.1, 0.15) is 80.4 Å². The summed E-state index contributed by atoms with van der Waals surface area (Å²) in [5.74, 6) is -8.04. The molecule has 4 saturated heterocycles. The van der Waals surface area contributed by atoms with Gasteiger partial charge in [0.2, 0.25) is 0 Å². The number of hydrogen-bond donors (Lipinski definition) is 0. The van der Waals surface area contributed by atoms with Gasteiger partial charge in [-0.15, -0.1) is 0 Å². The molecule has 6 rings (SSSR count). The Hall–Kier alpha value is -5.87. The van der Waals surface area contributed by atoms with Crippen LogP contribution in [0.15, 0.2) is 24.3 Å². The summed E-state index contributed by atoms with van der Waals surface area (Å²) in [6.07, 6.45) is -30.1. The van der Waals surface area contributed by atoms with Gasteiger partial charge in [0.15, 0.2) is 55.7 Å². The van der Waals surface area contributed by atoms with Gasteiger partial charge in [-0.2, -0.15) is 0 Å². The molecule has 0 spiro atoms. The van der Waals surface area contributed by atoms with E-state index in [0.717, 1.165) is 53.4 Å². The van der Waals surface area contributed by atoms with E-state index in [1.807, 2.05) is 0 Å². The van der Waals surface area contributed by atoms with Gasteiger partial charge < -0.3 is 94.7 Å². The summed E-state index contributed by atoms with van der Waals surface area (Å²) in [6.45, 7) is 5.05. The molecule has 5 aliphatic heterocycles. The van der Waals surface area contributed by atoms with Crippen molar-refractivity contribution >= 4 is 53.6 Å². The van der Waals surface area contributed by atoms with E-state index in [1.165, 1.54) is 54.8 Å². The molecule has 458 valence electrons. The van der Waals surface area contributed by atoms with Crippen LogP contribution in [-0.4, -0.2) is 250 Å². The Bertz CT molecular complexity index is 2390. The highest BCUT2D eigenvalue weighted by molar-refractivity contribution is 6.21. The average Bonchev–Trinajstić information content (AvgIpc) is 3.78. The topological polar surface area (TPSA) is 341 Å². The van der Waals surface area contributed by atoms with E-state index < -0.39 is 196 Å². The quantitative estimate of drug-likeness (QED) is 0.0714. The van der Waals surface area contributed by atoms with Crippen molar-refractivity contribution in [3.8, 4) is 0 Å². The number of amides is 2. The van der Waals surface area contributed by atoms with Crippen molar-refractivity contribution in [1.82, 2.24) is 4.90 Å². The van der Waals surface area contributed by atoms with Gasteiger partial charge in [-0.1, -0.05) is 12.1 Å². The smallest absolute Gasteiger partial charge is 0.303 e. The summed E-state index contributed by atoms with van der Waals surface area (Å²) >= 11 is 0. The summed E-state index contributed by atoms with van der Waals surface area (Å²) < 4.78 is 120. The maximum atomic E-state index is 14.1. The molecule has 1 aromatic carbocycles. The second-order valence-electron chi connectivity index (χ2n) is 19.2. The third-order valence-corrected chi connectivity index (χ3v) is 13.5. The Morgan fingerprint density at radius 2 is 0.707 bits per heavy atom. The lowest BCUT2D eigenvalue weighted by Gasteiger charge is -2.51. The van der Waals surface area contributed by atoms with Gasteiger partial charge in [0.25, 0.3) is 11.8 Å². The molecule has 5 aliphatic rings. The average molecular weight is 1170 g/mol. The van der Waals surface area contributed by atoms with Crippen molar-refractivity contribution in [2.45, 2.75) is 171 Å². The first-order valence-corrected chi connectivity index (χ1v) is 25.8. The Morgan fingerprint density at radius 3 is 1.11 bits per heavy atom. The molecule has 0 radical (unpaired) electrons. The predicted molar refractivity (Wildman–Crippen MR) is 264 cm³/mol. The van der Waals surface area contributed by atoms with Crippen LogP contribution in [0.3, 0.4) is 0 Å². The van der Waals surface area contributed by atoms with E-state index >= 15 is 0 Å². The lowest BCUT2D eigenvalue weighted by molar-refractivity contribution is -0.390. The SMILES string of the molecule is COCC1O[C@@H](OC)C(OC)[C@@H](OC)[C@@H]1O[C@@H]1OC(CN2C(=O)c3ccccc3C2=O)[C@@H](O[C@@H]2OC(COC(C)=O)[C@@H](O[C@H]3OC(COC(C)=O)[C@@H](OC(C)=O)C(OC(C)=O)C3OC(C)=O)C(OC(C)=O)C2OC(C)=O)[C@@H](OC)C1OC. The van der Waals surface area contributed by atoms with E-state index in [2.05, 4.69) is 0 Å². The first kappa shape index (κ1) is 65.3. The number of rotatable bonds is 24. The molecule has 0 aliphatic carbocycles. The standard InChI is InChI=1S/C52H71NO29/c1-22(54)69-20-33-37(71-24(3)56)41(72-25(4)57)45(74-27(6)59)52(78-33)82-38-34(21-70-23(2)55)79-51(46(75-28(7)60)42(38)73-26(5)58)80-35-31(18-53-47(61)29-16-14-15-17-30(29)48(53)62)76-50(44(67-12)39(35)64-9)81-36-32(19-63-8)77-49(68-13)43(66-11)40(36)65-10/h14-17,31-46,49-52H,18-21H2,1-13H3/t31?,32?,33?,34?,35-,36-,37-,38-,39-,40+,41?,42?,43?,44?,45?,46?,49-,50+,51+,52-/m1/s1. The minimum atomic E-state index is -1.98. The maximum Gasteiger partial charge on any atom is 0.303 e. The molecule has 1 aromatic rings. The maximum absolute atomic E-state index is 14.1. The molecule has 0 bridgehead atoms. The Balaban J connectivity index is 1.47. The molecule has 10 unspecified atom stereocenters. The molecule has 0 N–H and O–H groups in total. The van der Waals surface area contributed by atoms with Crippen molar-refractivity contribution in [2.24, 2.45) is 0 Å². The number of carbonyl (C=O) groups excluding carboxylic acids is 9. The van der Waals surface area contributed by atoms with Crippen molar-refractivity contribution in [1.29, 1.82) is 0 Å². The van der Waals surface area contributed by atoms with Crippen molar-refractivity contribution < 1.29 is 138 Å². The van der Waals surface area contributed by atoms with Crippen LogP contribution < -0.4 is 0 Å². The molecule has 20 atom stereocenters. The molecule has 82 heavy (non-hydrogen) atoms. The number of methoxy groups -OCH3 is 6. The zero-order chi connectivity index (χ0) is 60.3. The van der Waals surface area contributed by atoms with E-state index in [-0.39, 0.29) is 17.7 Å². The second kappa shape index (κ2) is 29.6. The van der Waals surface area contributed by atoms with Crippen LogP contribution >= 0.6 is 0 Å². The fraction of sp³-hybridized carbons (Fsp3) is 0.712. The van der Waals surface area contributed by atoms with Gasteiger partial charge in [-0.3, -0.25) is 48.1 Å². The second-order valence-corrected chi connectivity index (χ2v) is 19.2. The summed E-state index contributed by atoms with van der Waals surface area (Å²) in [5, 5.41) is 0. The van der Waals surface area contributed by atoms with Crippen LogP contribution in [0.25, 0.3) is 0 Å². The van der Waals surface area contributed by atoms with Crippen LogP contribution in [0.1, 0.15) is 69.2 Å². The lowest BCUT2D eigenvalue weighted by Crippen LogP contribution is -2.69. The van der Waals surface area contributed by atoms with E-state index in [1.54, 1.807) is 12.1 Å². The summed E-state index contributed by atoms with van der Waals surface area (Å²) in [5.41, 5.74) is 0.167. The van der Waals surface area contributed by atoms with Crippen LogP contribution in [0.5, 0.6) is 0 Å². The monoisotopic (exact) mass is 1170 g/mol. The van der Waals surface area contributed by atoms with E-state index in [0.29, 0.717) is 0 Å². The van der Waals surface area contributed by atoms with Gasteiger partial charge in [-0.05, 0) is 12.1 Å². The normalized spacial score (nSPS) is 34.5. The van der Waals surface area contributed by atoms with Crippen LogP contribution in [0.4, 0.5) is 0 Å². The van der Waals surface area contributed by atoms with Gasteiger partial charge >= 0.3 is 41.8 Å². The molecule has 30 nitrogen and oxygen atoms in total. The molecule has 0 aromatic heterocycles.